The summed E-state index contributed by atoms with van der Waals surface area (Å²) in [5.74, 6) is -0.757. The van der Waals surface area contributed by atoms with Gasteiger partial charge in [0.05, 0.1) is 0 Å². The highest BCUT2D eigenvalue weighted by molar-refractivity contribution is 6.67. The summed E-state index contributed by atoms with van der Waals surface area (Å²) >= 11 is 0. The molecule has 0 bridgehead atoms. The molecule has 0 aliphatic carbocycles. The molecule has 0 saturated heterocycles. The lowest BCUT2D eigenvalue weighted by molar-refractivity contribution is -0.136. The van der Waals surface area contributed by atoms with E-state index >= 15 is 0 Å². The number of carboxylic acid groups (broad SMARTS) is 1. The molecule has 0 radical (unpaired) electrons. The minimum Gasteiger partial charge on any atom is -0.482 e. The second-order valence-corrected chi connectivity index (χ2v) is 2.56. The van der Waals surface area contributed by atoms with Gasteiger partial charge in [0.1, 0.15) is 23.5 Å². The van der Waals surface area contributed by atoms with Crippen molar-refractivity contribution in [3.8, 4) is 0 Å². The summed E-state index contributed by atoms with van der Waals surface area (Å²) in [7, 11) is 4.99. The lowest BCUT2D eigenvalue weighted by Gasteiger charge is -2.08. The van der Waals surface area contributed by atoms with E-state index in [1.807, 2.05) is 0 Å². The lowest BCUT2D eigenvalue weighted by atomic mass is 9.43. The predicted molar refractivity (Wildman–Crippen MR) is 36.0 cm³/mol. The molecule has 0 spiro atoms. The minimum absolute atomic E-state index is 0.583. The van der Waals surface area contributed by atoms with Crippen molar-refractivity contribution in [2.24, 2.45) is 0 Å². The highest BCUT2D eigenvalue weighted by atomic mass is 16.4. The summed E-state index contributed by atoms with van der Waals surface area (Å²) in [5.41, 5.74) is 0. The summed E-state index contributed by atoms with van der Waals surface area (Å²) in [4.78, 5) is 10.0. The van der Waals surface area contributed by atoms with Gasteiger partial charge in [0.2, 0.25) is 0 Å². The largest absolute Gasteiger partial charge is 0.482 e. The van der Waals surface area contributed by atoms with Gasteiger partial charge in [-0.25, -0.2) is 0 Å². The van der Waals surface area contributed by atoms with Crippen molar-refractivity contribution in [3.05, 3.63) is 0 Å². The van der Waals surface area contributed by atoms with Crippen molar-refractivity contribution in [2.75, 3.05) is 0 Å². The van der Waals surface area contributed by atoms with Crippen LogP contribution in [0.3, 0.4) is 0 Å². The smallest absolute Gasteiger partial charge is 0.285 e. The average molecular weight is 95.5 g/mol. The summed E-state index contributed by atoms with van der Waals surface area (Å²) in [5, 5.41) is 7.67. The van der Waals surface area contributed by atoms with Crippen LogP contribution in [-0.4, -0.2) is 34.6 Å². The zero-order valence-corrected chi connectivity index (χ0v) is 4.86. The SMILES string of the molecule is BC(B)(B)C(=O)O. The maximum Gasteiger partial charge on any atom is 0.285 e. The van der Waals surface area contributed by atoms with Crippen LogP contribution < -0.4 is 0 Å². The Bertz CT molecular complexity index is 83.4. The van der Waals surface area contributed by atoms with Crippen LogP contribution in [0.2, 0.25) is 5.11 Å². The van der Waals surface area contributed by atoms with Gasteiger partial charge in [-0.05, 0) is 5.11 Å². The first-order chi connectivity index (χ1) is 2.94. The molecule has 0 heterocycles. The van der Waals surface area contributed by atoms with E-state index < -0.39 is 11.1 Å². The van der Waals surface area contributed by atoms with Gasteiger partial charge in [0, 0.05) is 0 Å². The second-order valence-electron chi connectivity index (χ2n) is 2.56. The first kappa shape index (κ1) is 6.66. The van der Waals surface area contributed by atoms with E-state index in [-0.39, 0.29) is 0 Å². The molecule has 1 N–H and O–H groups in total. The van der Waals surface area contributed by atoms with Crippen LogP contribution >= 0.6 is 0 Å². The molecular weight excluding hydrogens is 88.5 g/mol. The minimum atomic E-state index is -0.757. The van der Waals surface area contributed by atoms with Crippen LogP contribution in [0, 0.1) is 0 Å². The van der Waals surface area contributed by atoms with Crippen molar-refractivity contribution < 1.29 is 9.90 Å². The quantitative estimate of drug-likeness (QED) is 0.354. The fourth-order valence-electron chi connectivity index (χ4n) is 0. The number of hydrogen-bond acceptors (Lipinski definition) is 1. The number of hydrogen-bond donors (Lipinski definition) is 1. The van der Waals surface area contributed by atoms with Gasteiger partial charge in [0.15, 0.2) is 0 Å². The van der Waals surface area contributed by atoms with Gasteiger partial charge in [-0.2, -0.15) is 0 Å². The summed E-state index contributed by atoms with van der Waals surface area (Å²) in [6.45, 7) is 0. The van der Waals surface area contributed by atoms with Crippen molar-refractivity contribution in [1.82, 2.24) is 0 Å². The summed E-state index contributed by atoms with van der Waals surface area (Å²) in [6, 6.07) is 0. The normalized spacial score (nSPS) is 10.9. The zero-order valence-electron chi connectivity index (χ0n) is 4.86. The van der Waals surface area contributed by atoms with E-state index in [9.17, 15) is 4.79 Å². The molecule has 5 heteroatoms. The third-order valence-corrected chi connectivity index (χ3v) is 0.642. The molecule has 0 aromatic rings. The van der Waals surface area contributed by atoms with Crippen LogP contribution in [0.4, 0.5) is 0 Å². The monoisotopic (exact) mass is 96.1 g/mol. The van der Waals surface area contributed by atoms with Gasteiger partial charge in [-0.3, -0.25) is 4.79 Å². The van der Waals surface area contributed by atoms with Crippen LogP contribution in [-0.2, 0) is 4.79 Å². The molecule has 0 unspecified atom stereocenters. The number of carbonyl (C=O) groups is 1. The van der Waals surface area contributed by atoms with Crippen LogP contribution in [0.1, 0.15) is 0 Å². The molecule has 0 amide bonds. The van der Waals surface area contributed by atoms with Crippen LogP contribution in [0.5, 0.6) is 0 Å². The number of aliphatic carboxylic acids is 1. The van der Waals surface area contributed by atoms with E-state index in [2.05, 4.69) is 0 Å². The third kappa shape index (κ3) is 2.37. The Morgan fingerprint density at radius 2 is 1.57 bits per heavy atom. The molecule has 36 valence electrons. The number of rotatable bonds is 1. The van der Waals surface area contributed by atoms with E-state index in [4.69, 9.17) is 5.11 Å². The van der Waals surface area contributed by atoms with Crippen LogP contribution in [0.25, 0.3) is 0 Å². The Labute approximate surface area is 45.5 Å². The average Bonchev–Trinajstić information content (AvgIpc) is 1.31. The topological polar surface area (TPSA) is 37.3 Å². The number of carboxylic acids is 1. The summed E-state index contributed by atoms with van der Waals surface area (Å²) < 4.78 is 0. The predicted octanol–water partition coefficient (Wildman–Crippen LogP) is -2.96. The molecule has 0 aromatic carbocycles. The van der Waals surface area contributed by atoms with E-state index in [1.165, 1.54) is 0 Å². The fraction of sp³-hybridized carbons (Fsp3) is 0.500. The first-order valence-corrected chi connectivity index (χ1v) is 2.18. The lowest BCUT2D eigenvalue weighted by Crippen LogP contribution is -2.23. The Kier molecular flexibility index (Phi) is 1.56. The van der Waals surface area contributed by atoms with Crippen molar-refractivity contribution in [1.29, 1.82) is 0 Å². The molecule has 0 fully saturated rings. The Morgan fingerprint density at radius 1 is 1.43 bits per heavy atom. The molecule has 0 saturated carbocycles. The third-order valence-electron chi connectivity index (χ3n) is 0.642. The second kappa shape index (κ2) is 1.64. The van der Waals surface area contributed by atoms with Gasteiger partial charge in [-0.15, -0.1) is 0 Å². The molecule has 0 aliphatic rings. The maximum atomic E-state index is 10.0. The molecule has 7 heavy (non-hydrogen) atoms. The van der Waals surface area contributed by atoms with Gasteiger partial charge in [-0.1, -0.05) is 0 Å². The molecule has 0 atom stereocenters. The first-order valence-electron chi connectivity index (χ1n) is 2.18. The molecule has 0 aliphatic heterocycles. The van der Waals surface area contributed by atoms with Gasteiger partial charge in [0.25, 0.3) is 5.97 Å². The Balaban J connectivity index is 3.79. The van der Waals surface area contributed by atoms with Crippen molar-refractivity contribution >= 4 is 29.5 Å². The Hall–Kier alpha value is -0.335. The highest BCUT2D eigenvalue weighted by Crippen LogP contribution is 2.05. The van der Waals surface area contributed by atoms with Gasteiger partial charge < -0.3 is 5.11 Å². The van der Waals surface area contributed by atoms with E-state index in [1.54, 1.807) is 23.5 Å². The molecule has 0 aromatic heterocycles. The van der Waals surface area contributed by atoms with Crippen molar-refractivity contribution in [3.63, 3.8) is 0 Å². The molecular formula is C2H7B3O2. The van der Waals surface area contributed by atoms with Crippen molar-refractivity contribution in [2.45, 2.75) is 5.11 Å². The zero-order chi connectivity index (χ0) is 6.08. The highest BCUT2D eigenvalue weighted by Gasteiger charge is 2.19. The van der Waals surface area contributed by atoms with E-state index in [0.29, 0.717) is 0 Å². The fourth-order valence-corrected chi connectivity index (χ4v) is 0. The van der Waals surface area contributed by atoms with Gasteiger partial charge >= 0.3 is 0 Å². The molecule has 0 rings (SSSR count). The molecule has 2 nitrogen and oxygen atoms in total. The maximum absolute atomic E-state index is 10.0. The van der Waals surface area contributed by atoms with Crippen LogP contribution in [0.15, 0.2) is 0 Å². The summed E-state index contributed by atoms with van der Waals surface area (Å²) in [6.07, 6.45) is 0. The standard InChI is InChI=1S/C2H7B3O2/c3-2(4,5)1(6)7/h3-5H2,(H,6,7). The Morgan fingerprint density at radius 3 is 1.57 bits per heavy atom. The van der Waals surface area contributed by atoms with E-state index in [0.717, 1.165) is 0 Å².